The maximum absolute atomic E-state index is 12.2. The lowest BCUT2D eigenvalue weighted by Crippen LogP contribution is -2.31. The number of nitrogens with one attached hydrogen (secondary N) is 1. The number of rotatable bonds is 3. The number of halogens is 1. The van der Waals surface area contributed by atoms with E-state index in [0.717, 1.165) is 43.1 Å². The molecule has 0 spiro atoms. The molecule has 0 bridgehead atoms. The van der Waals surface area contributed by atoms with Gasteiger partial charge >= 0.3 is 0 Å². The minimum atomic E-state index is -0.00579. The van der Waals surface area contributed by atoms with Crippen molar-refractivity contribution in [1.82, 2.24) is 10.3 Å². The van der Waals surface area contributed by atoms with Crippen LogP contribution in [0.3, 0.4) is 0 Å². The quantitative estimate of drug-likeness (QED) is 0.877. The Bertz CT molecular complexity index is 635. The number of amides is 1. The van der Waals surface area contributed by atoms with E-state index in [-0.39, 0.29) is 5.91 Å². The second kappa shape index (κ2) is 6.44. The zero-order valence-corrected chi connectivity index (χ0v) is 12.6. The highest BCUT2D eigenvalue weighted by Gasteiger charge is 2.20. The van der Waals surface area contributed by atoms with Gasteiger partial charge in [0.05, 0.1) is 5.52 Å². The van der Waals surface area contributed by atoms with E-state index in [2.05, 4.69) is 10.3 Å². The first kappa shape index (κ1) is 14.3. The molecule has 1 fully saturated rings. The number of carbonyl (C=O) groups is 1. The summed E-state index contributed by atoms with van der Waals surface area (Å²) < 4.78 is 0. The van der Waals surface area contributed by atoms with Gasteiger partial charge in [-0.05, 0) is 55.9 Å². The molecule has 1 saturated carbocycles. The molecule has 3 rings (SSSR count). The lowest BCUT2D eigenvalue weighted by atomic mass is 9.89. The molecule has 1 aliphatic rings. The molecule has 1 heterocycles. The minimum absolute atomic E-state index is 0.00579. The summed E-state index contributed by atoms with van der Waals surface area (Å²) in [6, 6.07) is 9.48. The number of carbonyl (C=O) groups excluding carboxylic acids is 1. The summed E-state index contributed by atoms with van der Waals surface area (Å²) in [5, 5.41) is 4.36. The minimum Gasteiger partial charge on any atom is -0.352 e. The van der Waals surface area contributed by atoms with Gasteiger partial charge in [-0.15, -0.1) is 11.6 Å². The molecular formula is C17H19ClN2O. The molecule has 1 aromatic carbocycles. The summed E-state index contributed by atoms with van der Waals surface area (Å²) in [6.07, 6.45) is 6.09. The van der Waals surface area contributed by atoms with Gasteiger partial charge in [0.25, 0.3) is 5.91 Å². The smallest absolute Gasteiger partial charge is 0.251 e. The van der Waals surface area contributed by atoms with Gasteiger partial charge in [0, 0.05) is 29.1 Å². The van der Waals surface area contributed by atoms with Crippen LogP contribution >= 0.6 is 11.6 Å². The zero-order valence-electron chi connectivity index (χ0n) is 11.9. The van der Waals surface area contributed by atoms with Crippen LogP contribution in [0.5, 0.6) is 0 Å². The molecule has 0 saturated heterocycles. The summed E-state index contributed by atoms with van der Waals surface area (Å²) in [5.74, 6) is 0.555. The second-order valence-electron chi connectivity index (χ2n) is 5.74. The van der Waals surface area contributed by atoms with Crippen molar-refractivity contribution < 1.29 is 4.79 Å². The molecule has 21 heavy (non-hydrogen) atoms. The molecular weight excluding hydrogens is 284 g/mol. The Labute approximate surface area is 129 Å². The van der Waals surface area contributed by atoms with Gasteiger partial charge < -0.3 is 5.32 Å². The van der Waals surface area contributed by atoms with Crippen molar-refractivity contribution in [3.8, 4) is 0 Å². The summed E-state index contributed by atoms with van der Waals surface area (Å²) in [7, 11) is 0. The summed E-state index contributed by atoms with van der Waals surface area (Å²) >= 11 is 6.10. The molecule has 0 aliphatic heterocycles. The molecule has 3 nitrogen and oxygen atoms in total. The van der Waals surface area contributed by atoms with Crippen LogP contribution in [0, 0.1) is 5.92 Å². The van der Waals surface area contributed by atoms with E-state index < -0.39 is 0 Å². The Kier molecular flexibility index (Phi) is 4.39. The first-order chi connectivity index (χ1) is 10.2. The van der Waals surface area contributed by atoms with Crippen LogP contribution in [0.4, 0.5) is 0 Å². The number of fused-ring (bicyclic) bond motifs is 1. The Morgan fingerprint density at radius 2 is 2.05 bits per heavy atom. The first-order valence-corrected chi connectivity index (χ1v) is 7.93. The van der Waals surface area contributed by atoms with Crippen molar-refractivity contribution in [2.75, 3.05) is 6.54 Å². The number of aromatic nitrogens is 1. The van der Waals surface area contributed by atoms with Crippen molar-refractivity contribution in [2.24, 2.45) is 5.92 Å². The third-order valence-electron chi connectivity index (χ3n) is 4.19. The fourth-order valence-electron chi connectivity index (χ4n) is 2.88. The number of pyridine rings is 1. The van der Waals surface area contributed by atoms with E-state index in [1.807, 2.05) is 30.3 Å². The number of hydrogen-bond donors (Lipinski definition) is 1. The lowest BCUT2D eigenvalue weighted by molar-refractivity contribution is 0.0944. The molecule has 110 valence electrons. The fraction of sp³-hybridized carbons (Fsp3) is 0.412. The van der Waals surface area contributed by atoms with Crippen LogP contribution in [0.2, 0.25) is 0 Å². The van der Waals surface area contributed by atoms with Crippen LogP contribution in [0.1, 0.15) is 36.0 Å². The molecule has 1 aliphatic carbocycles. The summed E-state index contributed by atoms with van der Waals surface area (Å²) in [4.78, 5) is 16.5. The highest BCUT2D eigenvalue weighted by molar-refractivity contribution is 6.20. The van der Waals surface area contributed by atoms with E-state index >= 15 is 0 Å². The Balaban J connectivity index is 1.61. The van der Waals surface area contributed by atoms with E-state index in [0.29, 0.717) is 16.9 Å². The predicted octanol–water partition coefficient (Wildman–Crippen LogP) is 3.76. The molecule has 0 unspecified atom stereocenters. The Morgan fingerprint density at radius 3 is 2.86 bits per heavy atom. The first-order valence-electron chi connectivity index (χ1n) is 7.49. The van der Waals surface area contributed by atoms with Gasteiger partial charge in [0.2, 0.25) is 0 Å². The summed E-state index contributed by atoms with van der Waals surface area (Å²) in [6.45, 7) is 0.744. The van der Waals surface area contributed by atoms with Gasteiger partial charge in [-0.25, -0.2) is 0 Å². The van der Waals surface area contributed by atoms with E-state index in [4.69, 9.17) is 11.6 Å². The van der Waals surface area contributed by atoms with E-state index in [1.54, 1.807) is 6.20 Å². The predicted molar refractivity (Wildman–Crippen MR) is 85.7 cm³/mol. The van der Waals surface area contributed by atoms with E-state index in [9.17, 15) is 4.79 Å². The van der Waals surface area contributed by atoms with Crippen LogP contribution < -0.4 is 5.32 Å². The standard InChI is InChI=1S/C17H19ClN2O/c18-15-6-3-12(4-7-15)11-20-17(21)14-5-8-16-13(10-14)2-1-9-19-16/h1-2,5,8-10,12,15H,3-4,6-7,11H2,(H,20,21). The van der Waals surface area contributed by atoms with Gasteiger partial charge in [0.1, 0.15) is 0 Å². The van der Waals surface area contributed by atoms with Crippen molar-refractivity contribution in [2.45, 2.75) is 31.1 Å². The molecule has 1 aromatic heterocycles. The molecule has 0 radical (unpaired) electrons. The molecule has 4 heteroatoms. The number of benzene rings is 1. The maximum Gasteiger partial charge on any atom is 0.251 e. The summed E-state index contributed by atoms with van der Waals surface area (Å²) in [5.41, 5.74) is 1.61. The number of nitrogens with zero attached hydrogens (tertiary/aromatic N) is 1. The molecule has 0 atom stereocenters. The van der Waals surface area contributed by atoms with Crippen LogP contribution in [-0.2, 0) is 0 Å². The van der Waals surface area contributed by atoms with Crippen molar-refractivity contribution in [3.05, 3.63) is 42.1 Å². The topological polar surface area (TPSA) is 42.0 Å². The SMILES string of the molecule is O=C(NCC1CCC(Cl)CC1)c1ccc2ncccc2c1. The monoisotopic (exact) mass is 302 g/mol. The average molecular weight is 303 g/mol. The highest BCUT2D eigenvalue weighted by atomic mass is 35.5. The average Bonchev–Trinajstić information content (AvgIpc) is 2.53. The van der Waals surface area contributed by atoms with Crippen LogP contribution in [0.15, 0.2) is 36.5 Å². The van der Waals surface area contributed by atoms with Gasteiger partial charge in [-0.3, -0.25) is 9.78 Å². The Hall–Kier alpha value is -1.61. The number of alkyl halides is 1. The van der Waals surface area contributed by atoms with Crippen LogP contribution in [-0.4, -0.2) is 22.8 Å². The lowest BCUT2D eigenvalue weighted by Gasteiger charge is -2.25. The Morgan fingerprint density at radius 1 is 1.24 bits per heavy atom. The second-order valence-corrected chi connectivity index (χ2v) is 6.36. The van der Waals surface area contributed by atoms with E-state index in [1.165, 1.54) is 0 Å². The van der Waals surface area contributed by atoms with Gasteiger partial charge in [0.15, 0.2) is 0 Å². The molecule has 2 aromatic rings. The molecule has 1 amide bonds. The fourth-order valence-corrected chi connectivity index (χ4v) is 3.13. The third kappa shape index (κ3) is 3.53. The zero-order chi connectivity index (χ0) is 14.7. The largest absolute Gasteiger partial charge is 0.352 e. The molecule has 1 N–H and O–H groups in total. The normalized spacial score (nSPS) is 22.1. The maximum atomic E-state index is 12.2. The third-order valence-corrected chi connectivity index (χ3v) is 4.63. The van der Waals surface area contributed by atoms with Crippen molar-refractivity contribution in [3.63, 3.8) is 0 Å². The number of hydrogen-bond acceptors (Lipinski definition) is 2. The van der Waals surface area contributed by atoms with Crippen molar-refractivity contribution in [1.29, 1.82) is 0 Å². The van der Waals surface area contributed by atoms with Gasteiger partial charge in [-0.1, -0.05) is 6.07 Å². The van der Waals surface area contributed by atoms with Crippen LogP contribution in [0.25, 0.3) is 10.9 Å². The van der Waals surface area contributed by atoms with Crippen molar-refractivity contribution >= 4 is 28.4 Å². The highest BCUT2D eigenvalue weighted by Crippen LogP contribution is 2.27. The van der Waals surface area contributed by atoms with Gasteiger partial charge in [-0.2, -0.15) is 0 Å².